The maximum absolute atomic E-state index is 12.8. The monoisotopic (exact) mass is 514 g/mol. The van der Waals surface area contributed by atoms with E-state index in [1.165, 1.54) is 6.21 Å². The minimum absolute atomic E-state index is 0.226. The molecule has 0 atom stereocenters. The molecule has 3 aromatic rings. The molecular formula is C28H26N4O6. The van der Waals surface area contributed by atoms with E-state index in [4.69, 9.17) is 9.47 Å². The SMILES string of the molecule is Cc1ccccc1C(=O)Oc1ccc(/C=N/NC(=O)C(=O)Nc2ccccc2C(=O)N2CCOCC2)cc1. The standard InChI is InChI=1S/C28H26N4O6/c1-19-6-2-3-7-22(19)28(36)38-21-12-10-20(11-13-21)18-29-31-26(34)25(33)30-24-9-5-4-8-23(24)27(35)32-14-16-37-17-15-32/h2-13,18H,14-17H2,1H3,(H,30,33)(H,31,34)/b29-18+. The second-order valence-electron chi connectivity index (χ2n) is 8.38. The number of rotatable bonds is 6. The fourth-order valence-electron chi connectivity index (χ4n) is 3.70. The summed E-state index contributed by atoms with van der Waals surface area (Å²) in [6.45, 7) is 3.62. The van der Waals surface area contributed by atoms with Crippen LogP contribution in [0.3, 0.4) is 0 Å². The summed E-state index contributed by atoms with van der Waals surface area (Å²) in [6.07, 6.45) is 1.34. The molecule has 0 aromatic heterocycles. The van der Waals surface area contributed by atoms with Crippen molar-refractivity contribution in [1.82, 2.24) is 10.3 Å². The van der Waals surface area contributed by atoms with Crippen LogP contribution >= 0.6 is 0 Å². The van der Waals surface area contributed by atoms with Crippen LogP contribution < -0.4 is 15.5 Å². The molecule has 0 saturated carbocycles. The van der Waals surface area contributed by atoms with Crippen molar-refractivity contribution in [3.8, 4) is 5.75 Å². The molecule has 1 aliphatic rings. The van der Waals surface area contributed by atoms with Crippen LogP contribution in [0, 0.1) is 6.92 Å². The highest BCUT2D eigenvalue weighted by Gasteiger charge is 2.23. The zero-order valence-corrected chi connectivity index (χ0v) is 20.7. The number of hydrazone groups is 1. The third kappa shape index (κ3) is 6.68. The van der Waals surface area contributed by atoms with Gasteiger partial charge in [0.1, 0.15) is 5.75 Å². The van der Waals surface area contributed by atoms with Gasteiger partial charge in [-0.25, -0.2) is 10.2 Å². The number of amides is 3. The molecule has 1 heterocycles. The molecule has 4 rings (SSSR count). The van der Waals surface area contributed by atoms with Crippen LogP contribution in [0.4, 0.5) is 5.69 Å². The second-order valence-corrected chi connectivity index (χ2v) is 8.38. The van der Waals surface area contributed by atoms with Crippen molar-refractivity contribution in [2.75, 3.05) is 31.6 Å². The molecule has 3 amide bonds. The lowest BCUT2D eigenvalue weighted by molar-refractivity contribution is -0.136. The third-order valence-corrected chi connectivity index (χ3v) is 5.75. The molecule has 194 valence electrons. The zero-order chi connectivity index (χ0) is 26.9. The van der Waals surface area contributed by atoms with Gasteiger partial charge in [-0.2, -0.15) is 5.10 Å². The van der Waals surface area contributed by atoms with Crippen LogP contribution in [-0.4, -0.2) is 61.1 Å². The second kappa shape index (κ2) is 12.4. The predicted molar refractivity (Wildman–Crippen MR) is 140 cm³/mol. The molecule has 0 spiro atoms. The van der Waals surface area contributed by atoms with Gasteiger partial charge in [0.2, 0.25) is 0 Å². The first kappa shape index (κ1) is 26.2. The molecule has 1 aliphatic heterocycles. The van der Waals surface area contributed by atoms with Crippen LogP contribution in [0.5, 0.6) is 5.75 Å². The van der Waals surface area contributed by atoms with Gasteiger partial charge < -0.3 is 19.7 Å². The predicted octanol–water partition coefficient (Wildman–Crippen LogP) is 2.78. The van der Waals surface area contributed by atoms with E-state index in [-0.39, 0.29) is 17.2 Å². The van der Waals surface area contributed by atoms with Gasteiger partial charge in [-0.05, 0) is 60.5 Å². The lowest BCUT2D eigenvalue weighted by Crippen LogP contribution is -2.41. The van der Waals surface area contributed by atoms with Crippen molar-refractivity contribution < 1.29 is 28.7 Å². The Bertz CT molecular complexity index is 1360. The van der Waals surface area contributed by atoms with E-state index in [0.717, 1.165) is 5.56 Å². The highest BCUT2D eigenvalue weighted by Crippen LogP contribution is 2.18. The van der Waals surface area contributed by atoms with Crippen molar-refractivity contribution >= 4 is 35.6 Å². The van der Waals surface area contributed by atoms with Gasteiger partial charge in [0.05, 0.1) is 36.2 Å². The van der Waals surface area contributed by atoms with Gasteiger partial charge in [-0.1, -0.05) is 30.3 Å². The highest BCUT2D eigenvalue weighted by atomic mass is 16.5. The number of benzene rings is 3. The number of aryl methyl sites for hydroxylation is 1. The molecule has 3 aromatic carbocycles. The van der Waals surface area contributed by atoms with Crippen LogP contribution in [0.25, 0.3) is 0 Å². The first-order valence-electron chi connectivity index (χ1n) is 11.9. The number of carbonyl (C=O) groups excluding carboxylic acids is 4. The van der Waals surface area contributed by atoms with Crippen molar-refractivity contribution in [2.24, 2.45) is 5.10 Å². The number of hydrogen-bond donors (Lipinski definition) is 2. The average Bonchev–Trinajstić information content (AvgIpc) is 2.94. The molecule has 1 fully saturated rings. The lowest BCUT2D eigenvalue weighted by Gasteiger charge is -2.27. The summed E-state index contributed by atoms with van der Waals surface area (Å²) in [7, 11) is 0. The van der Waals surface area contributed by atoms with Gasteiger partial charge in [0, 0.05) is 13.1 Å². The quantitative estimate of drug-likeness (QED) is 0.171. The minimum atomic E-state index is -1.00. The van der Waals surface area contributed by atoms with Gasteiger partial charge in [-0.15, -0.1) is 0 Å². The Balaban J connectivity index is 1.30. The van der Waals surface area contributed by atoms with E-state index >= 15 is 0 Å². The summed E-state index contributed by atoms with van der Waals surface area (Å²) in [4.78, 5) is 51.5. The summed E-state index contributed by atoms with van der Waals surface area (Å²) in [5, 5.41) is 6.27. The molecule has 0 aliphatic carbocycles. The molecule has 0 radical (unpaired) electrons. The fourth-order valence-corrected chi connectivity index (χ4v) is 3.70. The largest absolute Gasteiger partial charge is 0.423 e. The number of nitrogens with one attached hydrogen (secondary N) is 2. The topological polar surface area (TPSA) is 126 Å². The van der Waals surface area contributed by atoms with E-state index < -0.39 is 17.8 Å². The molecule has 1 saturated heterocycles. The zero-order valence-electron chi connectivity index (χ0n) is 20.7. The maximum Gasteiger partial charge on any atom is 0.343 e. The average molecular weight is 515 g/mol. The van der Waals surface area contributed by atoms with E-state index in [1.807, 2.05) is 19.1 Å². The summed E-state index contributed by atoms with van der Waals surface area (Å²) in [6, 6.07) is 20.1. The molecule has 10 heteroatoms. The number of carbonyl (C=O) groups is 4. The van der Waals surface area contributed by atoms with Crippen molar-refractivity contribution in [1.29, 1.82) is 0 Å². The lowest BCUT2D eigenvalue weighted by atomic mass is 10.1. The normalized spacial score (nSPS) is 13.1. The smallest absolute Gasteiger partial charge is 0.343 e. The first-order valence-corrected chi connectivity index (χ1v) is 11.9. The van der Waals surface area contributed by atoms with Crippen molar-refractivity contribution in [2.45, 2.75) is 6.92 Å². The van der Waals surface area contributed by atoms with Crippen LogP contribution in [-0.2, 0) is 14.3 Å². The van der Waals surface area contributed by atoms with Gasteiger partial charge in [0.15, 0.2) is 0 Å². The van der Waals surface area contributed by atoms with Crippen LogP contribution in [0.2, 0.25) is 0 Å². The molecular weight excluding hydrogens is 488 g/mol. The number of nitrogens with zero attached hydrogens (tertiary/aromatic N) is 2. The number of ether oxygens (including phenoxy) is 2. The number of anilines is 1. The number of para-hydroxylation sites is 1. The molecule has 10 nitrogen and oxygen atoms in total. The van der Waals surface area contributed by atoms with Crippen molar-refractivity contribution in [3.05, 3.63) is 95.1 Å². The number of esters is 1. The Kier molecular flexibility index (Phi) is 8.57. The minimum Gasteiger partial charge on any atom is -0.423 e. The van der Waals surface area contributed by atoms with Gasteiger partial charge >= 0.3 is 17.8 Å². The van der Waals surface area contributed by atoms with Crippen LogP contribution in [0.1, 0.15) is 31.8 Å². The summed E-state index contributed by atoms with van der Waals surface area (Å²) < 4.78 is 10.7. The van der Waals surface area contributed by atoms with E-state index in [9.17, 15) is 19.2 Å². The van der Waals surface area contributed by atoms with Crippen LogP contribution in [0.15, 0.2) is 77.9 Å². The Labute approximate surface area is 219 Å². The molecule has 0 bridgehead atoms. The third-order valence-electron chi connectivity index (χ3n) is 5.75. The van der Waals surface area contributed by atoms with Crippen molar-refractivity contribution in [3.63, 3.8) is 0 Å². The Morgan fingerprint density at radius 1 is 0.868 bits per heavy atom. The van der Waals surface area contributed by atoms with E-state index in [1.54, 1.807) is 65.6 Å². The number of hydrogen-bond acceptors (Lipinski definition) is 7. The van der Waals surface area contributed by atoms with E-state index in [2.05, 4.69) is 15.8 Å². The summed E-state index contributed by atoms with van der Waals surface area (Å²) >= 11 is 0. The van der Waals surface area contributed by atoms with E-state index in [0.29, 0.717) is 43.2 Å². The Morgan fingerprint density at radius 3 is 2.24 bits per heavy atom. The molecule has 38 heavy (non-hydrogen) atoms. The summed E-state index contributed by atoms with van der Waals surface area (Å²) in [5.74, 6) is -2.34. The summed E-state index contributed by atoms with van der Waals surface area (Å²) in [5.41, 5.74) is 4.56. The fraction of sp³-hybridized carbons (Fsp3) is 0.179. The number of morpholine rings is 1. The van der Waals surface area contributed by atoms with Gasteiger partial charge in [-0.3, -0.25) is 14.4 Å². The molecule has 0 unspecified atom stereocenters. The maximum atomic E-state index is 12.8. The Hall–Kier alpha value is -4.83. The highest BCUT2D eigenvalue weighted by molar-refractivity contribution is 6.40. The van der Waals surface area contributed by atoms with Gasteiger partial charge in [0.25, 0.3) is 5.91 Å². The molecule has 2 N–H and O–H groups in total. The first-order chi connectivity index (χ1) is 18.4. The Morgan fingerprint density at radius 2 is 1.53 bits per heavy atom.